The molecule has 23 heavy (non-hydrogen) atoms. The summed E-state index contributed by atoms with van der Waals surface area (Å²) in [6.45, 7) is 2.75. The van der Waals surface area contributed by atoms with E-state index in [1.807, 2.05) is 4.90 Å². The van der Waals surface area contributed by atoms with Gasteiger partial charge < -0.3 is 16.0 Å². The fourth-order valence-corrected chi connectivity index (χ4v) is 4.24. The standard InChI is InChI=1S/C16H24N4O2S/c17-15(21)10-19-7-3-13(4-8-19)18-16(22)20-6-1-2-14(20)12-5-9-23-11-12/h5,9,11,13-14H,1-4,6-8,10H2,(H2,17,21)(H,18,22)/t14-/m1/s1. The van der Waals surface area contributed by atoms with Crippen LogP contribution in [0.4, 0.5) is 4.79 Å². The first-order valence-corrected chi connectivity index (χ1v) is 9.17. The Morgan fingerprint density at radius 1 is 1.26 bits per heavy atom. The third kappa shape index (κ3) is 4.03. The molecule has 1 atom stereocenters. The van der Waals surface area contributed by atoms with Gasteiger partial charge in [0.15, 0.2) is 0 Å². The van der Waals surface area contributed by atoms with Crippen molar-refractivity contribution >= 4 is 23.3 Å². The van der Waals surface area contributed by atoms with E-state index >= 15 is 0 Å². The number of piperidine rings is 1. The van der Waals surface area contributed by atoms with Gasteiger partial charge in [0.1, 0.15) is 0 Å². The zero-order chi connectivity index (χ0) is 16.2. The number of thiophene rings is 1. The molecule has 6 nitrogen and oxygen atoms in total. The molecule has 0 bridgehead atoms. The summed E-state index contributed by atoms with van der Waals surface area (Å²) < 4.78 is 0. The summed E-state index contributed by atoms with van der Waals surface area (Å²) in [6, 6.07) is 2.57. The first kappa shape index (κ1) is 16.3. The average Bonchev–Trinajstić information content (AvgIpc) is 3.19. The molecule has 3 amide bonds. The van der Waals surface area contributed by atoms with Gasteiger partial charge in [-0.15, -0.1) is 0 Å². The number of hydrogen-bond acceptors (Lipinski definition) is 4. The quantitative estimate of drug-likeness (QED) is 0.875. The van der Waals surface area contributed by atoms with Gasteiger partial charge in [0.25, 0.3) is 0 Å². The Morgan fingerprint density at radius 3 is 2.70 bits per heavy atom. The minimum atomic E-state index is -0.289. The Kier molecular flexibility index (Phi) is 5.17. The van der Waals surface area contributed by atoms with Gasteiger partial charge in [-0.1, -0.05) is 0 Å². The van der Waals surface area contributed by atoms with Gasteiger partial charge in [0.2, 0.25) is 5.91 Å². The molecule has 0 aromatic carbocycles. The van der Waals surface area contributed by atoms with Crippen molar-refractivity contribution in [3.05, 3.63) is 22.4 Å². The molecule has 7 heteroatoms. The molecule has 3 rings (SSSR count). The van der Waals surface area contributed by atoms with Crippen LogP contribution in [0, 0.1) is 0 Å². The minimum absolute atomic E-state index is 0.0482. The highest BCUT2D eigenvalue weighted by molar-refractivity contribution is 7.07. The smallest absolute Gasteiger partial charge is 0.318 e. The van der Waals surface area contributed by atoms with Crippen molar-refractivity contribution in [1.29, 1.82) is 0 Å². The average molecular weight is 336 g/mol. The van der Waals surface area contributed by atoms with Gasteiger partial charge in [0.05, 0.1) is 12.6 Å². The van der Waals surface area contributed by atoms with E-state index in [-0.39, 0.29) is 24.0 Å². The molecular weight excluding hydrogens is 312 g/mol. The first-order valence-electron chi connectivity index (χ1n) is 8.23. The second kappa shape index (κ2) is 7.31. The van der Waals surface area contributed by atoms with Crippen molar-refractivity contribution in [3.8, 4) is 0 Å². The van der Waals surface area contributed by atoms with Gasteiger partial charge in [-0.25, -0.2) is 4.79 Å². The Bertz CT molecular complexity index is 540. The number of likely N-dealkylation sites (tertiary alicyclic amines) is 2. The summed E-state index contributed by atoms with van der Waals surface area (Å²) in [5, 5.41) is 7.38. The molecule has 0 unspecified atom stereocenters. The van der Waals surface area contributed by atoms with Crippen LogP contribution in [0.1, 0.15) is 37.3 Å². The number of carbonyl (C=O) groups excluding carboxylic acids is 2. The Hall–Kier alpha value is -1.60. The van der Waals surface area contributed by atoms with Gasteiger partial charge in [0, 0.05) is 25.7 Å². The largest absolute Gasteiger partial charge is 0.369 e. The normalized spacial score (nSPS) is 23.1. The summed E-state index contributed by atoms with van der Waals surface area (Å²) in [5.41, 5.74) is 6.48. The molecular formula is C16H24N4O2S. The van der Waals surface area contributed by atoms with Crippen LogP contribution in [0.2, 0.25) is 0 Å². The molecule has 1 aromatic heterocycles. The van der Waals surface area contributed by atoms with E-state index in [0.717, 1.165) is 45.3 Å². The molecule has 2 aliphatic heterocycles. The summed E-state index contributed by atoms with van der Waals surface area (Å²) >= 11 is 1.68. The van der Waals surface area contributed by atoms with Crippen LogP contribution in [0.25, 0.3) is 0 Å². The lowest BCUT2D eigenvalue weighted by Gasteiger charge is -2.33. The number of rotatable bonds is 4. The van der Waals surface area contributed by atoms with Crippen molar-refractivity contribution in [2.75, 3.05) is 26.2 Å². The lowest BCUT2D eigenvalue weighted by molar-refractivity contribution is -0.119. The zero-order valence-electron chi connectivity index (χ0n) is 13.2. The third-order valence-electron chi connectivity index (χ3n) is 4.74. The van der Waals surface area contributed by atoms with Crippen molar-refractivity contribution in [2.45, 2.75) is 37.8 Å². The second-order valence-electron chi connectivity index (χ2n) is 6.37. The van der Waals surface area contributed by atoms with Crippen molar-refractivity contribution < 1.29 is 9.59 Å². The number of hydrogen-bond donors (Lipinski definition) is 2. The number of amides is 3. The maximum absolute atomic E-state index is 12.6. The molecule has 1 aromatic rings. The zero-order valence-corrected chi connectivity index (χ0v) is 14.1. The summed E-state index contributed by atoms with van der Waals surface area (Å²) in [5.74, 6) is -0.289. The fraction of sp³-hybridized carbons (Fsp3) is 0.625. The lowest BCUT2D eigenvalue weighted by atomic mass is 10.1. The second-order valence-corrected chi connectivity index (χ2v) is 7.15. The third-order valence-corrected chi connectivity index (χ3v) is 5.44. The fourth-order valence-electron chi connectivity index (χ4n) is 3.53. The first-order chi connectivity index (χ1) is 11.1. The van der Waals surface area contributed by atoms with E-state index in [2.05, 4.69) is 27.0 Å². The highest BCUT2D eigenvalue weighted by Crippen LogP contribution is 2.33. The van der Waals surface area contributed by atoms with Gasteiger partial charge in [-0.05, 0) is 48.1 Å². The highest BCUT2D eigenvalue weighted by Gasteiger charge is 2.31. The molecule has 2 aliphatic rings. The topological polar surface area (TPSA) is 78.7 Å². The lowest BCUT2D eigenvalue weighted by Crippen LogP contribution is -2.50. The molecule has 2 saturated heterocycles. The molecule has 0 spiro atoms. The van der Waals surface area contributed by atoms with E-state index in [9.17, 15) is 9.59 Å². The summed E-state index contributed by atoms with van der Waals surface area (Å²) in [6.07, 6.45) is 3.85. The van der Waals surface area contributed by atoms with Crippen molar-refractivity contribution in [3.63, 3.8) is 0 Å². The van der Waals surface area contributed by atoms with Gasteiger partial charge in [-0.3, -0.25) is 9.69 Å². The molecule has 2 fully saturated rings. The van der Waals surface area contributed by atoms with Crippen LogP contribution in [0.3, 0.4) is 0 Å². The Labute approximate surface area is 140 Å². The molecule has 126 valence electrons. The summed E-state index contributed by atoms with van der Waals surface area (Å²) in [4.78, 5) is 27.6. The number of nitrogens with zero attached hydrogens (tertiary/aromatic N) is 2. The van der Waals surface area contributed by atoms with Crippen LogP contribution < -0.4 is 11.1 Å². The minimum Gasteiger partial charge on any atom is -0.369 e. The molecule has 0 radical (unpaired) electrons. The van der Waals surface area contributed by atoms with Crippen molar-refractivity contribution in [1.82, 2.24) is 15.1 Å². The molecule has 0 saturated carbocycles. The van der Waals surface area contributed by atoms with E-state index in [1.165, 1.54) is 5.56 Å². The summed E-state index contributed by atoms with van der Waals surface area (Å²) in [7, 11) is 0. The number of nitrogens with two attached hydrogens (primary N) is 1. The van der Waals surface area contributed by atoms with Gasteiger partial charge in [-0.2, -0.15) is 11.3 Å². The number of primary amides is 1. The van der Waals surface area contributed by atoms with Gasteiger partial charge >= 0.3 is 6.03 Å². The molecule has 0 aliphatic carbocycles. The van der Waals surface area contributed by atoms with Crippen molar-refractivity contribution in [2.24, 2.45) is 5.73 Å². The van der Waals surface area contributed by atoms with Crippen LogP contribution in [0.5, 0.6) is 0 Å². The van der Waals surface area contributed by atoms with Crippen LogP contribution in [-0.4, -0.2) is 54.0 Å². The van der Waals surface area contributed by atoms with Crippen LogP contribution >= 0.6 is 11.3 Å². The number of nitrogens with one attached hydrogen (secondary N) is 1. The highest BCUT2D eigenvalue weighted by atomic mass is 32.1. The Balaban J connectivity index is 1.50. The SMILES string of the molecule is NC(=O)CN1CCC(NC(=O)N2CCC[C@@H]2c2ccsc2)CC1. The predicted molar refractivity (Wildman–Crippen MR) is 90.2 cm³/mol. The Morgan fingerprint density at radius 2 is 2.04 bits per heavy atom. The molecule has 3 N–H and O–H groups in total. The monoisotopic (exact) mass is 336 g/mol. The number of carbonyl (C=O) groups is 2. The van der Waals surface area contributed by atoms with Crippen LogP contribution in [0.15, 0.2) is 16.8 Å². The van der Waals surface area contributed by atoms with E-state index in [1.54, 1.807) is 11.3 Å². The molecule has 3 heterocycles. The van der Waals surface area contributed by atoms with Crippen LogP contribution in [-0.2, 0) is 4.79 Å². The maximum atomic E-state index is 12.6. The van der Waals surface area contributed by atoms with E-state index < -0.39 is 0 Å². The maximum Gasteiger partial charge on any atom is 0.318 e. The van der Waals surface area contributed by atoms with E-state index in [0.29, 0.717) is 6.54 Å². The van der Waals surface area contributed by atoms with E-state index in [4.69, 9.17) is 5.73 Å². The number of urea groups is 1. The predicted octanol–water partition coefficient (Wildman–Crippen LogP) is 1.54.